The quantitative estimate of drug-likeness (QED) is 0.915. The molecule has 0 radical (unpaired) electrons. The average Bonchev–Trinajstić information content (AvgIpc) is 3.18. The summed E-state index contributed by atoms with van der Waals surface area (Å²) in [6.45, 7) is 2.36. The number of rotatable bonds is 4. The molecule has 0 aliphatic carbocycles. The molecule has 2 aromatic heterocycles. The van der Waals surface area contributed by atoms with Gasteiger partial charge in [0.05, 0.1) is 6.33 Å². The van der Waals surface area contributed by atoms with Crippen molar-refractivity contribution in [3.8, 4) is 0 Å². The number of carbonyl (C=O) groups excluding carboxylic acids is 1. The van der Waals surface area contributed by atoms with Gasteiger partial charge in [0.25, 0.3) is 0 Å². The van der Waals surface area contributed by atoms with Gasteiger partial charge in [0, 0.05) is 56.3 Å². The second-order valence-electron chi connectivity index (χ2n) is 5.24. The first kappa shape index (κ1) is 12.9. The van der Waals surface area contributed by atoms with E-state index in [9.17, 15) is 4.79 Å². The number of likely N-dealkylation sites (tertiary alicyclic amines) is 1. The van der Waals surface area contributed by atoms with Gasteiger partial charge < -0.3 is 9.47 Å². The molecule has 0 unspecified atom stereocenters. The van der Waals surface area contributed by atoms with Gasteiger partial charge in [-0.15, -0.1) is 0 Å². The van der Waals surface area contributed by atoms with Gasteiger partial charge in [-0.2, -0.15) is 5.10 Å². The van der Waals surface area contributed by atoms with Crippen LogP contribution in [0.25, 0.3) is 0 Å². The smallest absolute Gasteiger partial charge is 0.224 e. The van der Waals surface area contributed by atoms with Crippen LogP contribution in [0, 0.1) is 0 Å². The van der Waals surface area contributed by atoms with Crippen LogP contribution in [0.2, 0.25) is 0 Å². The number of nitrogens with zero attached hydrogens (tertiary/aromatic N) is 4. The fraction of sp³-hybridized carbons (Fsp3) is 0.500. The van der Waals surface area contributed by atoms with Crippen LogP contribution in [-0.2, 0) is 11.3 Å². The van der Waals surface area contributed by atoms with Crippen molar-refractivity contribution >= 4 is 5.91 Å². The molecule has 1 saturated heterocycles. The number of hydrogen-bond donors (Lipinski definition) is 1. The number of aromatic amines is 1. The first-order chi connectivity index (χ1) is 9.83. The molecule has 2 aromatic rings. The Labute approximate surface area is 117 Å². The molecule has 1 N–H and O–H groups in total. The molecule has 0 spiro atoms. The van der Waals surface area contributed by atoms with E-state index in [4.69, 9.17) is 0 Å². The van der Waals surface area contributed by atoms with Crippen LogP contribution in [0.5, 0.6) is 0 Å². The van der Waals surface area contributed by atoms with Crippen LogP contribution in [0.3, 0.4) is 0 Å². The highest BCUT2D eigenvalue weighted by molar-refractivity contribution is 5.76. The van der Waals surface area contributed by atoms with Crippen molar-refractivity contribution in [1.82, 2.24) is 24.6 Å². The minimum atomic E-state index is 0.225. The Morgan fingerprint density at radius 1 is 1.45 bits per heavy atom. The summed E-state index contributed by atoms with van der Waals surface area (Å²) in [5, 5.41) is 7.02. The van der Waals surface area contributed by atoms with Crippen LogP contribution in [0.1, 0.15) is 30.9 Å². The molecule has 1 amide bonds. The summed E-state index contributed by atoms with van der Waals surface area (Å²) in [5.41, 5.74) is 1.14. The Morgan fingerprint density at radius 3 is 3.15 bits per heavy atom. The zero-order valence-corrected chi connectivity index (χ0v) is 11.4. The summed E-state index contributed by atoms with van der Waals surface area (Å²) >= 11 is 0. The van der Waals surface area contributed by atoms with Gasteiger partial charge >= 0.3 is 0 Å². The highest BCUT2D eigenvalue weighted by atomic mass is 16.2. The predicted octanol–water partition coefficient (Wildman–Crippen LogP) is 1.40. The normalized spacial score (nSPS) is 19.2. The zero-order valence-electron chi connectivity index (χ0n) is 11.4. The molecule has 6 heteroatoms. The van der Waals surface area contributed by atoms with Gasteiger partial charge in [-0.05, 0) is 18.9 Å². The fourth-order valence-electron chi connectivity index (χ4n) is 2.75. The number of aryl methyl sites for hydroxylation is 1. The van der Waals surface area contributed by atoms with E-state index in [-0.39, 0.29) is 5.91 Å². The molecule has 3 heterocycles. The molecule has 0 saturated carbocycles. The largest absolute Gasteiger partial charge is 0.342 e. The van der Waals surface area contributed by atoms with E-state index < -0.39 is 0 Å². The van der Waals surface area contributed by atoms with E-state index in [1.54, 1.807) is 18.7 Å². The molecule has 1 aliphatic rings. The van der Waals surface area contributed by atoms with E-state index in [1.807, 2.05) is 21.7 Å². The number of imidazole rings is 1. The zero-order chi connectivity index (χ0) is 13.8. The lowest BCUT2D eigenvalue weighted by Crippen LogP contribution is -2.39. The molecule has 1 aliphatic heterocycles. The van der Waals surface area contributed by atoms with Gasteiger partial charge in [-0.3, -0.25) is 9.89 Å². The summed E-state index contributed by atoms with van der Waals surface area (Å²) in [5.74, 6) is 0.617. The Morgan fingerprint density at radius 2 is 2.40 bits per heavy atom. The van der Waals surface area contributed by atoms with Gasteiger partial charge in [0.2, 0.25) is 5.91 Å². The summed E-state index contributed by atoms with van der Waals surface area (Å²) in [6.07, 6.45) is 9.85. The molecule has 1 fully saturated rings. The van der Waals surface area contributed by atoms with Crippen molar-refractivity contribution < 1.29 is 4.79 Å². The van der Waals surface area contributed by atoms with Gasteiger partial charge in [-0.25, -0.2) is 4.98 Å². The second kappa shape index (κ2) is 5.90. The van der Waals surface area contributed by atoms with Crippen molar-refractivity contribution in [1.29, 1.82) is 0 Å². The van der Waals surface area contributed by atoms with Gasteiger partial charge in [0.1, 0.15) is 0 Å². The maximum absolute atomic E-state index is 12.3. The van der Waals surface area contributed by atoms with Gasteiger partial charge in [-0.1, -0.05) is 0 Å². The lowest BCUT2D eigenvalue weighted by Gasteiger charge is -2.32. The first-order valence-electron chi connectivity index (χ1n) is 7.06. The first-order valence-corrected chi connectivity index (χ1v) is 7.06. The highest BCUT2D eigenvalue weighted by Crippen LogP contribution is 2.25. The van der Waals surface area contributed by atoms with Crippen LogP contribution < -0.4 is 0 Å². The topological polar surface area (TPSA) is 66.8 Å². The Bertz CT molecular complexity index is 534. The molecule has 6 nitrogen and oxygen atoms in total. The molecule has 1 atom stereocenters. The van der Waals surface area contributed by atoms with Crippen LogP contribution in [-0.4, -0.2) is 43.6 Å². The number of piperidine rings is 1. The fourth-order valence-corrected chi connectivity index (χ4v) is 2.75. The molecule has 3 rings (SSSR count). The van der Waals surface area contributed by atoms with Crippen molar-refractivity contribution in [3.05, 3.63) is 36.7 Å². The van der Waals surface area contributed by atoms with Crippen molar-refractivity contribution in [3.63, 3.8) is 0 Å². The minimum absolute atomic E-state index is 0.225. The van der Waals surface area contributed by atoms with E-state index in [2.05, 4.69) is 15.2 Å². The molecule has 106 valence electrons. The van der Waals surface area contributed by atoms with E-state index in [0.717, 1.165) is 31.6 Å². The van der Waals surface area contributed by atoms with Crippen molar-refractivity contribution in [2.24, 2.45) is 0 Å². The van der Waals surface area contributed by atoms with Crippen molar-refractivity contribution in [2.45, 2.75) is 31.7 Å². The van der Waals surface area contributed by atoms with E-state index in [1.165, 1.54) is 0 Å². The molecular formula is C14H19N5O. The number of aromatic nitrogens is 4. The van der Waals surface area contributed by atoms with E-state index >= 15 is 0 Å². The monoisotopic (exact) mass is 273 g/mol. The van der Waals surface area contributed by atoms with Crippen LogP contribution >= 0.6 is 0 Å². The number of carbonyl (C=O) groups is 1. The van der Waals surface area contributed by atoms with Gasteiger partial charge in [0.15, 0.2) is 0 Å². The second-order valence-corrected chi connectivity index (χ2v) is 5.24. The maximum Gasteiger partial charge on any atom is 0.224 e. The predicted molar refractivity (Wildman–Crippen MR) is 74.0 cm³/mol. The average molecular weight is 273 g/mol. The Balaban J connectivity index is 1.55. The summed E-state index contributed by atoms with van der Waals surface area (Å²) in [7, 11) is 0. The lowest BCUT2D eigenvalue weighted by molar-refractivity contribution is -0.132. The Kier molecular flexibility index (Phi) is 3.80. The highest BCUT2D eigenvalue weighted by Gasteiger charge is 2.25. The number of amides is 1. The summed E-state index contributed by atoms with van der Waals surface area (Å²) < 4.78 is 1.94. The standard InChI is InChI=1S/C14H19N5O/c20-14(4-8-18-9-6-15-11-18)19-7-1-2-12(10-19)13-3-5-16-17-13/h3,5-6,9,11-12H,1-2,4,7-8,10H2,(H,16,17)/t12-/m1/s1. The lowest BCUT2D eigenvalue weighted by atomic mass is 9.95. The minimum Gasteiger partial charge on any atom is -0.342 e. The molecular weight excluding hydrogens is 254 g/mol. The van der Waals surface area contributed by atoms with Crippen molar-refractivity contribution in [2.75, 3.05) is 13.1 Å². The Hall–Kier alpha value is -2.11. The third kappa shape index (κ3) is 2.89. The number of H-pyrrole nitrogens is 1. The summed E-state index contributed by atoms with van der Waals surface area (Å²) in [6, 6.07) is 2.00. The SMILES string of the molecule is O=C(CCn1ccnc1)N1CCC[C@@H](c2ccn[nH]2)C1. The third-order valence-corrected chi connectivity index (χ3v) is 3.88. The number of hydrogen-bond acceptors (Lipinski definition) is 3. The van der Waals surface area contributed by atoms with Crippen LogP contribution in [0.4, 0.5) is 0 Å². The van der Waals surface area contributed by atoms with E-state index in [0.29, 0.717) is 18.9 Å². The number of nitrogens with one attached hydrogen (secondary N) is 1. The molecule has 0 aromatic carbocycles. The molecule has 0 bridgehead atoms. The summed E-state index contributed by atoms with van der Waals surface area (Å²) in [4.78, 5) is 18.2. The maximum atomic E-state index is 12.3. The third-order valence-electron chi connectivity index (χ3n) is 3.88. The van der Waals surface area contributed by atoms with Crippen LogP contribution in [0.15, 0.2) is 31.0 Å². The molecule has 20 heavy (non-hydrogen) atoms.